The van der Waals surface area contributed by atoms with E-state index in [4.69, 9.17) is 6.42 Å². The van der Waals surface area contributed by atoms with Crippen molar-refractivity contribution in [2.45, 2.75) is 12.0 Å². The first-order valence-corrected chi connectivity index (χ1v) is 7.33. The predicted molar refractivity (Wildman–Crippen MR) is 86.9 cm³/mol. The highest BCUT2D eigenvalue weighted by Gasteiger charge is 2.50. The minimum Gasteiger partial charge on any atom is -0.375 e. The molecule has 4 nitrogen and oxygen atoms in total. The second-order valence-corrected chi connectivity index (χ2v) is 5.58. The number of anilines is 1. The van der Waals surface area contributed by atoms with Gasteiger partial charge in [-0.1, -0.05) is 24.1 Å². The second kappa shape index (κ2) is 5.91. The average Bonchev–Trinajstić information content (AvgIpc) is 2.78. The van der Waals surface area contributed by atoms with Gasteiger partial charge < -0.3 is 5.11 Å². The summed E-state index contributed by atoms with van der Waals surface area (Å²) in [5.41, 5.74) is -0.903. The van der Waals surface area contributed by atoms with Crippen molar-refractivity contribution < 1.29 is 19.1 Å². The molecule has 0 bridgehead atoms. The smallest absolute Gasteiger partial charge is 0.265 e. The van der Waals surface area contributed by atoms with Gasteiger partial charge in [0.05, 0.1) is 18.7 Å². The van der Waals surface area contributed by atoms with Gasteiger partial charge >= 0.3 is 0 Å². The maximum Gasteiger partial charge on any atom is 0.265 e. The molecule has 0 spiro atoms. The van der Waals surface area contributed by atoms with Gasteiger partial charge in [0.1, 0.15) is 5.82 Å². The maximum absolute atomic E-state index is 13.0. The number of benzene rings is 2. The molecule has 0 saturated heterocycles. The van der Waals surface area contributed by atoms with Crippen molar-refractivity contribution in [3.63, 3.8) is 0 Å². The van der Waals surface area contributed by atoms with Crippen LogP contribution in [0.15, 0.2) is 48.5 Å². The van der Waals surface area contributed by atoms with E-state index in [9.17, 15) is 19.1 Å². The van der Waals surface area contributed by atoms with E-state index in [2.05, 4.69) is 5.92 Å². The van der Waals surface area contributed by atoms with Crippen molar-refractivity contribution in [2.75, 3.05) is 11.4 Å². The summed E-state index contributed by atoms with van der Waals surface area (Å²) < 4.78 is 13.0. The van der Waals surface area contributed by atoms with Gasteiger partial charge in [-0.2, -0.15) is 0 Å². The Hall–Kier alpha value is -2.97. The maximum atomic E-state index is 13.0. The molecule has 120 valence electrons. The summed E-state index contributed by atoms with van der Waals surface area (Å²) in [6.45, 7) is 0.00287. The largest absolute Gasteiger partial charge is 0.375 e. The predicted octanol–water partition coefficient (Wildman–Crippen LogP) is 2.27. The summed E-state index contributed by atoms with van der Waals surface area (Å²) in [7, 11) is 0. The molecule has 1 aliphatic rings. The molecule has 1 aliphatic heterocycles. The number of carbonyl (C=O) groups excluding carboxylic acids is 2. The summed E-state index contributed by atoms with van der Waals surface area (Å²) in [6, 6.07) is 11.6. The van der Waals surface area contributed by atoms with E-state index in [-0.39, 0.29) is 12.1 Å². The third-order valence-corrected chi connectivity index (χ3v) is 4.07. The van der Waals surface area contributed by atoms with Gasteiger partial charge in [-0.05, 0) is 30.3 Å². The second-order valence-electron chi connectivity index (χ2n) is 5.58. The van der Waals surface area contributed by atoms with Gasteiger partial charge in [0.15, 0.2) is 11.4 Å². The van der Waals surface area contributed by atoms with Crippen LogP contribution >= 0.6 is 0 Å². The molecule has 0 radical (unpaired) electrons. The number of hydrogen-bond donors (Lipinski definition) is 1. The van der Waals surface area contributed by atoms with Crippen molar-refractivity contribution in [3.8, 4) is 12.3 Å². The molecule has 1 amide bonds. The van der Waals surface area contributed by atoms with Crippen molar-refractivity contribution in [1.82, 2.24) is 0 Å². The molecule has 0 saturated carbocycles. The topological polar surface area (TPSA) is 57.6 Å². The van der Waals surface area contributed by atoms with Gasteiger partial charge in [-0.25, -0.2) is 4.39 Å². The molecule has 24 heavy (non-hydrogen) atoms. The lowest BCUT2D eigenvalue weighted by Crippen LogP contribution is -2.42. The summed E-state index contributed by atoms with van der Waals surface area (Å²) >= 11 is 0. The number of nitrogens with zero attached hydrogens (tertiary/aromatic N) is 1. The summed E-state index contributed by atoms with van der Waals surface area (Å²) in [5.74, 6) is 0.829. The van der Waals surface area contributed by atoms with Crippen molar-refractivity contribution in [2.24, 2.45) is 0 Å². The van der Waals surface area contributed by atoms with Gasteiger partial charge in [0.25, 0.3) is 5.91 Å². The molecule has 0 aromatic heterocycles. The van der Waals surface area contributed by atoms with Crippen LogP contribution in [-0.2, 0) is 10.4 Å². The van der Waals surface area contributed by atoms with Crippen LogP contribution in [0.2, 0.25) is 0 Å². The lowest BCUT2D eigenvalue weighted by Gasteiger charge is -2.21. The Bertz CT molecular complexity index is 854. The SMILES string of the molecule is C#CCN1C(=O)C(O)(CC(=O)c2ccc(F)cc2)c2ccccc21. The van der Waals surface area contributed by atoms with Crippen LogP contribution in [0.3, 0.4) is 0 Å². The number of ketones is 1. The van der Waals surface area contributed by atoms with E-state index in [1.807, 2.05) is 0 Å². The third kappa shape index (κ3) is 2.47. The summed E-state index contributed by atoms with van der Waals surface area (Å²) in [5, 5.41) is 10.9. The zero-order chi connectivity index (χ0) is 17.3. The van der Waals surface area contributed by atoms with Gasteiger partial charge in [-0.3, -0.25) is 14.5 Å². The van der Waals surface area contributed by atoms with E-state index in [1.165, 1.54) is 17.0 Å². The minimum atomic E-state index is -1.97. The van der Waals surface area contributed by atoms with Crippen LogP contribution in [0.1, 0.15) is 22.3 Å². The molecule has 1 N–H and O–H groups in total. The zero-order valence-electron chi connectivity index (χ0n) is 12.7. The number of carbonyl (C=O) groups is 2. The number of rotatable bonds is 4. The highest BCUT2D eigenvalue weighted by Crippen LogP contribution is 2.42. The lowest BCUT2D eigenvalue weighted by molar-refractivity contribution is -0.135. The number of Topliss-reactive ketones (excluding diaryl/α,β-unsaturated/α-hetero) is 1. The Labute approximate surface area is 138 Å². The normalized spacial score (nSPS) is 19.0. The Morgan fingerprint density at radius 2 is 1.88 bits per heavy atom. The number of aliphatic hydroxyl groups is 1. The first-order chi connectivity index (χ1) is 11.5. The average molecular weight is 323 g/mol. The molecule has 2 aromatic rings. The number of halogens is 1. The van der Waals surface area contributed by atoms with E-state index in [1.54, 1.807) is 24.3 Å². The standard InChI is InChI=1S/C19H14FNO3/c1-2-11-21-16-6-4-3-5-15(16)19(24,18(21)23)12-17(22)13-7-9-14(20)10-8-13/h1,3-10,24H,11-12H2. The molecule has 1 atom stereocenters. The molecule has 1 unspecified atom stereocenters. The minimum absolute atomic E-state index is 0.00287. The van der Waals surface area contributed by atoms with Crippen LogP contribution in [0, 0.1) is 18.2 Å². The Morgan fingerprint density at radius 3 is 2.54 bits per heavy atom. The fourth-order valence-corrected chi connectivity index (χ4v) is 2.90. The Balaban J connectivity index is 1.97. The number of fused-ring (bicyclic) bond motifs is 1. The molecule has 1 heterocycles. The highest BCUT2D eigenvalue weighted by atomic mass is 19.1. The molecule has 5 heteroatoms. The van der Waals surface area contributed by atoms with Crippen LogP contribution < -0.4 is 4.90 Å². The van der Waals surface area contributed by atoms with Crippen LogP contribution in [0.25, 0.3) is 0 Å². The lowest BCUT2D eigenvalue weighted by atomic mass is 9.88. The molecule has 0 aliphatic carbocycles. The highest BCUT2D eigenvalue weighted by molar-refractivity contribution is 6.10. The van der Waals surface area contributed by atoms with E-state index >= 15 is 0 Å². The molecule has 3 rings (SSSR count). The Kier molecular flexibility index (Phi) is 3.92. The van der Waals surface area contributed by atoms with Crippen LogP contribution in [0.4, 0.5) is 10.1 Å². The van der Waals surface area contributed by atoms with Gasteiger partial charge in [0, 0.05) is 11.1 Å². The third-order valence-electron chi connectivity index (χ3n) is 4.07. The molecule has 0 fully saturated rings. The quantitative estimate of drug-likeness (QED) is 0.694. The van der Waals surface area contributed by atoms with E-state index in [0.717, 1.165) is 12.1 Å². The first kappa shape index (κ1) is 15.9. The molecular formula is C19H14FNO3. The van der Waals surface area contributed by atoms with E-state index in [0.29, 0.717) is 11.3 Å². The molecular weight excluding hydrogens is 309 g/mol. The van der Waals surface area contributed by atoms with Crippen molar-refractivity contribution >= 4 is 17.4 Å². The van der Waals surface area contributed by atoms with Crippen LogP contribution in [0.5, 0.6) is 0 Å². The summed E-state index contributed by atoms with van der Waals surface area (Å²) in [4.78, 5) is 26.4. The first-order valence-electron chi connectivity index (χ1n) is 7.33. The Morgan fingerprint density at radius 1 is 1.21 bits per heavy atom. The van der Waals surface area contributed by atoms with Gasteiger partial charge in [0.2, 0.25) is 0 Å². The van der Waals surface area contributed by atoms with E-state index < -0.39 is 29.5 Å². The summed E-state index contributed by atoms with van der Waals surface area (Å²) in [6.07, 6.45) is 4.86. The van der Waals surface area contributed by atoms with Crippen molar-refractivity contribution in [3.05, 3.63) is 65.5 Å². The monoisotopic (exact) mass is 323 g/mol. The van der Waals surface area contributed by atoms with Crippen molar-refractivity contribution in [1.29, 1.82) is 0 Å². The number of hydrogen-bond acceptors (Lipinski definition) is 3. The fourth-order valence-electron chi connectivity index (χ4n) is 2.90. The van der Waals surface area contributed by atoms with Gasteiger partial charge in [-0.15, -0.1) is 6.42 Å². The molecule has 2 aromatic carbocycles. The number of amides is 1. The number of terminal acetylenes is 1. The van der Waals surface area contributed by atoms with Crippen LogP contribution in [-0.4, -0.2) is 23.3 Å². The number of para-hydroxylation sites is 1. The fraction of sp³-hybridized carbons (Fsp3) is 0.158. The zero-order valence-corrected chi connectivity index (χ0v) is 12.7.